The Bertz CT molecular complexity index is 802. The number of rotatable bonds is 9. The minimum atomic E-state index is -0.387. The number of fused-ring (bicyclic) bond motifs is 3. The van der Waals surface area contributed by atoms with Crippen LogP contribution in [0.4, 0.5) is 4.79 Å². The van der Waals surface area contributed by atoms with Crippen LogP contribution < -0.4 is 10.6 Å². The smallest absolute Gasteiger partial charge is 0.407 e. The molecule has 2 aromatic carbocycles. The molecule has 1 aliphatic carbocycles. The van der Waals surface area contributed by atoms with E-state index in [2.05, 4.69) is 41.5 Å². The fourth-order valence-corrected chi connectivity index (χ4v) is 3.55. The van der Waals surface area contributed by atoms with E-state index < -0.39 is 0 Å². The zero-order valence-electron chi connectivity index (χ0n) is 15.9. The lowest BCUT2D eigenvalue weighted by atomic mass is 9.98. The van der Waals surface area contributed by atoms with E-state index in [9.17, 15) is 9.59 Å². The van der Waals surface area contributed by atoms with Gasteiger partial charge in [-0.05, 0) is 47.6 Å². The molecular formula is C23H26N2O3. The third-order valence-corrected chi connectivity index (χ3v) is 4.95. The molecule has 0 atom stereocenters. The van der Waals surface area contributed by atoms with Gasteiger partial charge in [0.25, 0.3) is 0 Å². The van der Waals surface area contributed by atoms with Crippen LogP contribution in [-0.2, 0) is 9.53 Å². The van der Waals surface area contributed by atoms with Crippen LogP contribution in [-0.4, -0.2) is 31.7 Å². The molecule has 2 aromatic rings. The highest BCUT2D eigenvalue weighted by atomic mass is 16.5. The van der Waals surface area contributed by atoms with Crippen molar-refractivity contribution in [2.24, 2.45) is 0 Å². The SMILES string of the molecule is C=CC(=O)NCCCCCNC(=O)OCC1c2ccccc2-c2ccccc21. The van der Waals surface area contributed by atoms with Crippen LogP contribution in [0.2, 0.25) is 0 Å². The van der Waals surface area contributed by atoms with Gasteiger partial charge in [0.2, 0.25) is 5.91 Å². The maximum absolute atomic E-state index is 12.0. The predicted octanol–water partition coefficient (Wildman–Crippen LogP) is 4.00. The van der Waals surface area contributed by atoms with Crippen molar-refractivity contribution in [2.75, 3.05) is 19.7 Å². The lowest BCUT2D eigenvalue weighted by Gasteiger charge is -2.14. The summed E-state index contributed by atoms with van der Waals surface area (Å²) in [6.07, 6.45) is 3.50. The third-order valence-electron chi connectivity index (χ3n) is 4.95. The maximum Gasteiger partial charge on any atom is 0.407 e. The van der Waals surface area contributed by atoms with Crippen molar-refractivity contribution in [3.63, 3.8) is 0 Å². The van der Waals surface area contributed by atoms with Crippen molar-refractivity contribution in [1.29, 1.82) is 0 Å². The van der Waals surface area contributed by atoms with Crippen molar-refractivity contribution in [1.82, 2.24) is 10.6 Å². The van der Waals surface area contributed by atoms with E-state index in [-0.39, 0.29) is 17.9 Å². The van der Waals surface area contributed by atoms with E-state index in [1.54, 1.807) is 0 Å². The fourth-order valence-electron chi connectivity index (χ4n) is 3.55. The maximum atomic E-state index is 12.0. The first-order valence-corrected chi connectivity index (χ1v) is 9.70. The monoisotopic (exact) mass is 378 g/mol. The molecule has 2 amide bonds. The molecule has 0 aromatic heterocycles. The van der Waals surface area contributed by atoms with Gasteiger partial charge in [0.1, 0.15) is 6.61 Å². The molecule has 0 saturated heterocycles. The van der Waals surface area contributed by atoms with Gasteiger partial charge in [0.15, 0.2) is 0 Å². The van der Waals surface area contributed by atoms with E-state index in [0.29, 0.717) is 19.7 Å². The Labute approximate surface area is 165 Å². The average molecular weight is 378 g/mol. The van der Waals surface area contributed by atoms with Crippen LogP contribution in [0.1, 0.15) is 36.3 Å². The molecule has 0 spiro atoms. The molecule has 0 fully saturated rings. The first kappa shape index (κ1) is 19.7. The summed E-state index contributed by atoms with van der Waals surface area (Å²) in [5, 5.41) is 5.53. The minimum Gasteiger partial charge on any atom is -0.449 e. The summed E-state index contributed by atoms with van der Waals surface area (Å²) in [4.78, 5) is 23.1. The van der Waals surface area contributed by atoms with Gasteiger partial charge < -0.3 is 15.4 Å². The Morgan fingerprint density at radius 2 is 1.46 bits per heavy atom. The van der Waals surface area contributed by atoms with Crippen LogP contribution in [0.15, 0.2) is 61.2 Å². The highest BCUT2D eigenvalue weighted by Crippen LogP contribution is 2.44. The topological polar surface area (TPSA) is 67.4 Å². The predicted molar refractivity (Wildman–Crippen MR) is 110 cm³/mol. The van der Waals surface area contributed by atoms with E-state index in [0.717, 1.165) is 19.3 Å². The van der Waals surface area contributed by atoms with Gasteiger partial charge in [-0.25, -0.2) is 4.79 Å². The fraction of sp³-hybridized carbons (Fsp3) is 0.304. The molecule has 0 unspecified atom stereocenters. The second kappa shape index (κ2) is 9.74. The number of unbranched alkanes of at least 4 members (excludes halogenated alkanes) is 2. The van der Waals surface area contributed by atoms with E-state index in [1.165, 1.54) is 28.3 Å². The Balaban J connectivity index is 1.41. The van der Waals surface area contributed by atoms with E-state index in [4.69, 9.17) is 4.74 Å². The van der Waals surface area contributed by atoms with Gasteiger partial charge in [0, 0.05) is 19.0 Å². The summed E-state index contributed by atoms with van der Waals surface area (Å²) >= 11 is 0. The minimum absolute atomic E-state index is 0.0756. The summed E-state index contributed by atoms with van der Waals surface area (Å²) in [5.41, 5.74) is 4.85. The number of carbonyl (C=O) groups excluding carboxylic acids is 2. The second-order valence-electron chi connectivity index (χ2n) is 6.81. The van der Waals surface area contributed by atoms with Crippen LogP contribution in [0.3, 0.4) is 0 Å². The number of alkyl carbamates (subject to hydrolysis) is 1. The Hall–Kier alpha value is -3.08. The van der Waals surface area contributed by atoms with Gasteiger partial charge >= 0.3 is 6.09 Å². The van der Waals surface area contributed by atoms with Crippen molar-refractivity contribution in [2.45, 2.75) is 25.2 Å². The molecular weight excluding hydrogens is 352 g/mol. The molecule has 28 heavy (non-hydrogen) atoms. The summed E-state index contributed by atoms with van der Waals surface area (Å²) in [6, 6.07) is 16.6. The van der Waals surface area contributed by atoms with Crippen molar-refractivity contribution in [3.05, 3.63) is 72.3 Å². The third kappa shape index (κ3) is 4.80. The summed E-state index contributed by atoms with van der Waals surface area (Å²) in [6.45, 7) is 4.92. The molecule has 0 saturated carbocycles. The Morgan fingerprint density at radius 1 is 0.893 bits per heavy atom. The molecule has 146 valence electrons. The molecule has 0 aliphatic heterocycles. The van der Waals surface area contributed by atoms with Crippen LogP contribution in [0.5, 0.6) is 0 Å². The molecule has 3 rings (SSSR count). The van der Waals surface area contributed by atoms with Gasteiger partial charge in [-0.3, -0.25) is 4.79 Å². The highest BCUT2D eigenvalue weighted by molar-refractivity contribution is 5.86. The van der Waals surface area contributed by atoms with Gasteiger partial charge in [-0.1, -0.05) is 55.1 Å². The highest BCUT2D eigenvalue weighted by Gasteiger charge is 2.28. The number of ether oxygens (including phenoxy) is 1. The Morgan fingerprint density at radius 3 is 2.07 bits per heavy atom. The molecule has 5 heteroatoms. The van der Waals surface area contributed by atoms with Gasteiger partial charge in [-0.15, -0.1) is 0 Å². The lowest BCUT2D eigenvalue weighted by molar-refractivity contribution is -0.116. The number of carbonyl (C=O) groups is 2. The number of amides is 2. The normalized spacial score (nSPS) is 12.0. The standard InChI is InChI=1S/C23H26N2O3/c1-2-22(26)24-14-8-3-9-15-25-23(27)28-16-21-19-12-6-4-10-17(19)18-11-5-7-13-20(18)21/h2,4-7,10-13,21H,1,3,8-9,14-16H2,(H,24,26)(H,25,27). The Kier molecular flexibility index (Phi) is 6.84. The van der Waals surface area contributed by atoms with E-state index in [1.807, 2.05) is 24.3 Å². The van der Waals surface area contributed by atoms with Crippen LogP contribution in [0, 0.1) is 0 Å². The zero-order valence-corrected chi connectivity index (χ0v) is 15.9. The lowest BCUT2D eigenvalue weighted by Crippen LogP contribution is -2.27. The number of hydrogen-bond acceptors (Lipinski definition) is 3. The molecule has 0 bridgehead atoms. The average Bonchev–Trinajstić information content (AvgIpc) is 3.05. The number of nitrogens with one attached hydrogen (secondary N) is 2. The first-order chi connectivity index (χ1) is 13.7. The number of hydrogen-bond donors (Lipinski definition) is 2. The van der Waals surface area contributed by atoms with Crippen molar-refractivity contribution >= 4 is 12.0 Å². The van der Waals surface area contributed by atoms with Crippen molar-refractivity contribution in [3.8, 4) is 11.1 Å². The van der Waals surface area contributed by atoms with Crippen LogP contribution >= 0.6 is 0 Å². The van der Waals surface area contributed by atoms with E-state index >= 15 is 0 Å². The first-order valence-electron chi connectivity index (χ1n) is 9.70. The molecule has 1 aliphatic rings. The quantitative estimate of drug-likeness (QED) is 0.512. The van der Waals surface area contributed by atoms with Gasteiger partial charge in [0.05, 0.1) is 0 Å². The largest absolute Gasteiger partial charge is 0.449 e. The van der Waals surface area contributed by atoms with Gasteiger partial charge in [-0.2, -0.15) is 0 Å². The molecule has 2 N–H and O–H groups in total. The summed E-state index contributed by atoms with van der Waals surface area (Å²) in [5.74, 6) is -0.0802. The summed E-state index contributed by atoms with van der Waals surface area (Å²) in [7, 11) is 0. The number of benzene rings is 2. The molecule has 0 radical (unpaired) electrons. The summed E-state index contributed by atoms with van der Waals surface area (Å²) < 4.78 is 5.50. The molecule has 0 heterocycles. The second-order valence-corrected chi connectivity index (χ2v) is 6.81. The molecule has 5 nitrogen and oxygen atoms in total. The van der Waals surface area contributed by atoms with Crippen LogP contribution in [0.25, 0.3) is 11.1 Å². The zero-order chi connectivity index (χ0) is 19.8. The van der Waals surface area contributed by atoms with Crippen molar-refractivity contribution < 1.29 is 14.3 Å².